The second-order valence-corrected chi connectivity index (χ2v) is 6.32. The molecule has 2 aromatic rings. The molecule has 0 unspecified atom stereocenters. The molecule has 0 atom stereocenters. The number of nitrogens with one attached hydrogen (secondary N) is 2. The first-order valence-electron chi connectivity index (χ1n) is 6.19. The summed E-state index contributed by atoms with van der Waals surface area (Å²) >= 11 is 5.60. The molecule has 20 heavy (non-hydrogen) atoms. The van der Waals surface area contributed by atoms with Gasteiger partial charge in [-0.05, 0) is 58.8 Å². The maximum atomic E-state index is 11.8. The molecular formula is C15H14BrIN2O. The smallest absolute Gasteiger partial charge is 0.319 e. The molecular weight excluding hydrogens is 431 g/mol. The van der Waals surface area contributed by atoms with Crippen LogP contribution in [0.15, 0.2) is 53.0 Å². The van der Waals surface area contributed by atoms with E-state index < -0.39 is 0 Å². The van der Waals surface area contributed by atoms with E-state index in [4.69, 9.17) is 0 Å². The van der Waals surface area contributed by atoms with Crippen molar-refractivity contribution in [3.8, 4) is 0 Å². The number of carbonyl (C=O) groups is 1. The minimum absolute atomic E-state index is 0.175. The van der Waals surface area contributed by atoms with Crippen LogP contribution < -0.4 is 10.6 Å². The normalized spacial score (nSPS) is 10.1. The molecule has 0 heterocycles. The summed E-state index contributed by atoms with van der Waals surface area (Å²) in [4.78, 5) is 11.8. The summed E-state index contributed by atoms with van der Waals surface area (Å²) in [5.41, 5.74) is 2.03. The van der Waals surface area contributed by atoms with E-state index in [2.05, 4.69) is 49.2 Å². The first-order valence-corrected chi connectivity index (χ1v) is 8.06. The number of amides is 2. The quantitative estimate of drug-likeness (QED) is 0.673. The maximum Gasteiger partial charge on any atom is 0.319 e. The molecule has 2 amide bonds. The van der Waals surface area contributed by atoms with Crippen molar-refractivity contribution >= 4 is 50.2 Å². The van der Waals surface area contributed by atoms with Gasteiger partial charge in [-0.3, -0.25) is 0 Å². The Morgan fingerprint density at radius 1 is 1.10 bits per heavy atom. The average molecular weight is 445 g/mol. The highest BCUT2D eigenvalue weighted by molar-refractivity contribution is 14.1. The Morgan fingerprint density at radius 3 is 2.50 bits per heavy atom. The summed E-state index contributed by atoms with van der Waals surface area (Å²) in [6.45, 7) is 0.608. The molecule has 0 aliphatic heterocycles. The number of carbonyl (C=O) groups excluding carboxylic acids is 1. The molecule has 2 rings (SSSR count). The van der Waals surface area contributed by atoms with Crippen molar-refractivity contribution < 1.29 is 4.79 Å². The van der Waals surface area contributed by atoms with Crippen LogP contribution in [0, 0.1) is 3.57 Å². The van der Waals surface area contributed by atoms with Crippen LogP contribution in [-0.2, 0) is 6.42 Å². The molecule has 0 saturated heterocycles. The average Bonchev–Trinajstić information content (AvgIpc) is 2.44. The van der Waals surface area contributed by atoms with Crippen molar-refractivity contribution in [1.29, 1.82) is 0 Å². The minimum atomic E-state index is -0.175. The van der Waals surface area contributed by atoms with E-state index in [1.165, 1.54) is 5.56 Å². The second-order valence-electron chi connectivity index (χ2n) is 4.24. The van der Waals surface area contributed by atoms with E-state index >= 15 is 0 Å². The highest BCUT2D eigenvalue weighted by Crippen LogP contribution is 2.16. The molecule has 0 radical (unpaired) electrons. The van der Waals surface area contributed by atoms with Gasteiger partial charge in [-0.15, -0.1) is 0 Å². The number of hydrogen-bond donors (Lipinski definition) is 2. The second kappa shape index (κ2) is 7.64. The lowest BCUT2D eigenvalue weighted by Crippen LogP contribution is -2.30. The molecule has 104 valence electrons. The summed E-state index contributed by atoms with van der Waals surface area (Å²) < 4.78 is 2.08. The third-order valence-corrected chi connectivity index (χ3v) is 4.20. The van der Waals surface area contributed by atoms with Gasteiger partial charge in [-0.1, -0.05) is 40.2 Å². The highest BCUT2D eigenvalue weighted by Gasteiger charge is 2.03. The Hall–Kier alpha value is -1.08. The number of para-hydroxylation sites is 1. The molecule has 2 aromatic carbocycles. The predicted octanol–water partition coefficient (Wildman–Crippen LogP) is 4.42. The van der Waals surface area contributed by atoms with Gasteiger partial charge in [0.1, 0.15) is 0 Å². The molecule has 5 heteroatoms. The van der Waals surface area contributed by atoms with Crippen LogP contribution >= 0.6 is 38.5 Å². The van der Waals surface area contributed by atoms with Crippen LogP contribution in [0.1, 0.15) is 5.56 Å². The van der Waals surface area contributed by atoms with E-state index in [-0.39, 0.29) is 6.03 Å². The number of halogens is 2. The van der Waals surface area contributed by atoms with Gasteiger partial charge in [0.15, 0.2) is 0 Å². The summed E-state index contributed by atoms with van der Waals surface area (Å²) in [5.74, 6) is 0. The maximum absolute atomic E-state index is 11.8. The molecule has 3 nitrogen and oxygen atoms in total. The van der Waals surface area contributed by atoms with Gasteiger partial charge in [0.2, 0.25) is 0 Å². The molecule has 0 spiro atoms. The van der Waals surface area contributed by atoms with Gasteiger partial charge in [-0.2, -0.15) is 0 Å². The lowest BCUT2D eigenvalue weighted by Gasteiger charge is -2.09. The summed E-state index contributed by atoms with van der Waals surface area (Å²) in [6, 6.07) is 15.6. The Labute approximate surface area is 140 Å². The zero-order chi connectivity index (χ0) is 14.4. The molecule has 0 fully saturated rings. The number of anilines is 1. The third kappa shape index (κ3) is 4.79. The molecule has 0 aliphatic rings. The fourth-order valence-electron chi connectivity index (χ4n) is 1.70. The van der Waals surface area contributed by atoms with Gasteiger partial charge in [-0.25, -0.2) is 4.79 Å². The Balaban J connectivity index is 1.78. The summed E-state index contributed by atoms with van der Waals surface area (Å²) in [7, 11) is 0. The fraction of sp³-hybridized carbons (Fsp3) is 0.133. The number of hydrogen-bond acceptors (Lipinski definition) is 1. The van der Waals surface area contributed by atoms with Crippen molar-refractivity contribution in [2.75, 3.05) is 11.9 Å². The Bertz CT molecular complexity index is 587. The van der Waals surface area contributed by atoms with Gasteiger partial charge in [0, 0.05) is 14.6 Å². The van der Waals surface area contributed by atoms with Crippen molar-refractivity contribution in [1.82, 2.24) is 5.32 Å². The number of benzene rings is 2. The van der Waals surface area contributed by atoms with Gasteiger partial charge in [0.05, 0.1) is 5.69 Å². The van der Waals surface area contributed by atoms with Crippen LogP contribution in [0.4, 0.5) is 10.5 Å². The molecule has 0 aromatic heterocycles. The molecule has 0 saturated carbocycles. The van der Waals surface area contributed by atoms with Crippen LogP contribution in [0.25, 0.3) is 0 Å². The zero-order valence-electron chi connectivity index (χ0n) is 10.7. The fourth-order valence-corrected chi connectivity index (χ4v) is 2.49. The molecule has 0 bridgehead atoms. The number of rotatable bonds is 4. The first-order chi connectivity index (χ1) is 9.65. The largest absolute Gasteiger partial charge is 0.338 e. The third-order valence-electron chi connectivity index (χ3n) is 2.73. The number of urea groups is 1. The standard InChI is InChI=1S/C15H14BrIN2O/c16-12-7-5-11(6-8-12)9-10-18-15(20)19-14-4-2-1-3-13(14)17/h1-8H,9-10H2,(H2,18,19,20). The Kier molecular flexibility index (Phi) is 5.85. The van der Waals surface area contributed by atoms with Crippen molar-refractivity contribution in [3.63, 3.8) is 0 Å². The molecule has 0 aliphatic carbocycles. The van der Waals surface area contributed by atoms with Crippen molar-refractivity contribution in [2.24, 2.45) is 0 Å². The summed E-state index contributed by atoms with van der Waals surface area (Å²) in [5, 5.41) is 5.70. The minimum Gasteiger partial charge on any atom is -0.338 e. The predicted molar refractivity (Wildman–Crippen MR) is 94.0 cm³/mol. The van der Waals surface area contributed by atoms with E-state index in [1.54, 1.807) is 0 Å². The van der Waals surface area contributed by atoms with Gasteiger partial charge in [0.25, 0.3) is 0 Å². The van der Waals surface area contributed by atoms with Gasteiger partial charge < -0.3 is 10.6 Å². The Morgan fingerprint density at radius 2 is 1.80 bits per heavy atom. The van der Waals surface area contributed by atoms with Gasteiger partial charge >= 0.3 is 6.03 Å². The van der Waals surface area contributed by atoms with E-state index in [0.29, 0.717) is 6.54 Å². The topological polar surface area (TPSA) is 41.1 Å². The monoisotopic (exact) mass is 444 g/mol. The zero-order valence-corrected chi connectivity index (χ0v) is 14.4. The van der Waals surface area contributed by atoms with E-state index in [9.17, 15) is 4.79 Å². The SMILES string of the molecule is O=C(NCCc1ccc(Br)cc1)Nc1ccccc1I. The highest BCUT2D eigenvalue weighted by atomic mass is 127. The van der Waals surface area contributed by atoms with E-state index in [0.717, 1.165) is 20.2 Å². The van der Waals surface area contributed by atoms with Crippen LogP contribution in [-0.4, -0.2) is 12.6 Å². The van der Waals surface area contributed by atoms with Crippen molar-refractivity contribution in [2.45, 2.75) is 6.42 Å². The lowest BCUT2D eigenvalue weighted by molar-refractivity contribution is 0.252. The van der Waals surface area contributed by atoms with Crippen molar-refractivity contribution in [3.05, 3.63) is 62.1 Å². The lowest BCUT2D eigenvalue weighted by atomic mass is 10.1. The molecule has 2 N–H and O–H groups in total. The van der Waals surface area contributed by atoms with Crippen LogP contribution in [0.2, 0.25) is 0 Å². The summed E-state index contributed by atoms with van der Waals surface area (Å²) in [6.07, 6.45) is 0.812. The first kappa shape index (κ1) is 15.3. The van der Waals surface area contributed by atoms with E-state index in [1.807, 2.05) is 48.5 Å². The van der Waals surface area contributed by atoms with Crippen LogP contribution in [0.3, 0.4) is 0 Å². The van der Waals surface area contributed by atoms with Crippen LogP contribution in [0.5, 0.6) is 0 Å².